The quantitative estimate of drug-likeness (QED) is 0.206. The first-order chi connectivity index (χ1) is 18.3. The smallest absolute Gasteiger partial charge is 0.248 e. The molecule has 7 nitrogen and oxygen atoms in total. The molecule has 0 radical (unpaired) electrons. The predicted octanol–water partition coefficient (Wildman–Crippen LogP) is 6.98. The van der Waals surface area contributed by atoms with Crippen LogP contribution in [0, 0.1) is 11.3 Å². The van der Waals surface area contributed by atoms with E-state index in [1.807, 2.05) is 77.0 Å². The molecule has 0 aliphatic heterocycles. The number of hydrogen-bond donors (Lipinski definition) is 1. The number of anilines is 3. The molecule has 2 aromatic heterocycles. The Hall–Kier alpha value is -4.83. The number of rotatable bonds is 8. The number of allylic oxidation sites excluding steroid dienone is 6. The van der Waals surface area contributed by atoms with Gasteiger partial charge in [-0.05, 0) is 86.0 Å². The number of hydrogen-bond acceptors (Lipinski definition) is 6. The van der Waals surface area contributed by atoms with Crippen LogP contribution in [0.3, 0.4) is 0 Å². The van der Waals surface area contributed by atoms with Gasteiger partial charge in [0.1, 0.15) is 11.3 Å². The van der Waals surface area contributed by atoms with E-state index in [-0.39, 0.29) is 0 Å². The minimum absolute atomic E-state index is 0.417. The minimum Gasteiger partial charge on any atom is -0.442 e. The first kappa shape index (κ1) is 26.2. The highest BCUT2D eigenvalue weighted by molar-refractivity contribution is 5.82. The Labute approximate surface area is 224 Å². The summed E-state index contributed by atoms with van der Waals surface area (Å²) in [5.41, 5.74) is 7.31. The Bertz CT molecular complexity index is 1570. The zero-order valence-corrected chi connectivity index (χ0v) is 22.6. The Morgan fingerprint density at radius 2 is 1.74 bits per heavy atom. The normalized spacial score (nSPS) is 12.4. The maximum atomic E-state index is 9.06. The van der Waals surface area contributed by atoms with Crippen LogP contribution in [0.1, 0.15) is 31.9 Å². The molecule has 1 N–H and O–H groups in total. The monoisotopic (exact) mass is 504 g/mol. The number of nitrogens with zero attached hydrogens (tertiary/aromatic N) is 5. The van der Waals surface area contributed by atoms with Crippen LogP contribution in [0.25, 0.3) is 16.6 Å². The molecule has 0 aliphatic rings. The molecule has 2 aromatic carbocycles. The summed E-state index contributed by atoms with van der Waals surface area (Å²) in [4.78, 5) is 11.4. The molecule has 7 heteroatoms. The topological polar surface area (TPSA) is 79.0 Å². The van der Waals surface area contributed by atoms with Crippen LogP contribution < -0.4 is 15.0 Å². The lowest BCUT2D eigenvalue weighted by molar-refractivity contribution is 0.410. The van der Waals surface area contributed by atoms with Gasteiger partial charge in [0.15, 0.2) is 0 Å². The summed E-state index contributed by atoms with van der Waals surface area (Å²) in [5, 5.41) is 12.3. The third-order valence-electron chi connectivity index (χ3n) is 6.20. The lowest BCUT2D eigenvalue weighted by Crippen LogP contribution is -2.08. The van der Waals surface area contributed by atoms with E-state index < -0.39 is 0 Å². The Morgan fingerprint density at radius 3 is 2.37 bits per heavy atom. The summed E-state index contributed by atoms with van der Waals surface area (Å²) in [6.45, 7) is 5.99. The fourth-order valence-electron chi connectivity index (χ4n) is 3.96. The van der Waals surface area contributed by atoms with Crippen LogP contribution in [-0.4, -0.2) is 28.6 Å². The van der Waals surface area contributed by atoms with Crippen LogP contribution in [0.4, 0.5) is 17.3 Å². The number of benzene rings is 2. The van der Waals surface area contributed by atoms with E-state index >= 15 is 0 Å². The summed E-state index contributed by atoms with van der Waals surface area (Å²) in [6, 6.07) is 19.7. The van der Waals surface area contributed by atoms with Crippen molar-refractivity contribution in [1.29, 1.82) is 5.26 Å². The first-order valence-electron chi connectivity index (χ1n) is 12.4. The van der Waals surface area contributed by atoms with Crippen LogP contribution in [-0.2, 0) is 7.05 Å². The highest BCUT2D eigenvalue weighted by Crippen LogP contribution is 2.29. The second kappa shape index (κ2) is 11.5. The number of nitriles is 1. The number of ether oxygens (including phenoxy) is 1. The summed E-state index contributed by atoms with van der Waals surface area (Å²) in [5.74, 6) is 1.62. The molecule has 4 rings (SSSR count). The van der Waals surface area contributed by atoms with Gasteiger partial charge in [-0.2, -0.15) is 10.2 Å². The Kier molecular flexibility index (Phi) is 7.93. The maximum absolute atomic E-state index is 9.06. The molecule has 2 heterocycles. The van der Waals surface area contributed by atoms with Crippen molar-refractivity contribution in [3.8, 4) is 11.9 Å². The molecule has 0 bridgehead atoms. The van der Waals surface area contributed by atoms with Crippen LogP contribution in [0.15, 0.2) is 90.4 Å². The largest absolute Gasteiger partial charge is 0.442 e. The fraction of sp³-hybridized carbons (Fsp3) is 0.194. The van der Waals surface area contributed by atoms with Crippen LogP contribution in [0.5, 0.6) is 5.88 Å². The third-order valence-corrected chi connectivity index (χ3v) is 6.20. The van der Waals surface area contributed by atoms with Gasteiger partial charge in [-0.3, -0.25) is 0 Å². The second-order valence-corrected chi connectivity index (χ2v) is 9.21. The number of aromatic nitrogens is 3. The van der Waals surface area contributed by atoms with Gasteiger partial charge in [-0.15, -0.1) is 0 Å². The Morgan fingerprint density at radius 1 is 1.03 bits per heavy atom. The molecule has 38 heavy (non-hydrogen) atoms. The van der Waals surface area contributed by atoms with Gasteiger partial charge < -0.3 is 19.5 Å². The van der Waals surface area contributed by atoms with Crippen molar-refractivity contribution in [3.05, 3.63) is 101 Å². The standard InChI is InChI=1S/C31H32N6O/c1-7-8-25(24-11-15-27(16-12-24)36(4)5)19-21(2)22(3)38-30-29-28(17-18-37(29)6)34-31(35-30)33-26-13-9-23(20-32)10-14-26/h7-19H,1-6H3,(H,33,34,35)/b8-7+,22-21+,25-19+. The Balaban J connectivity index is 1.67. The number of fused-ring (bicyclic) bond motifs is 1. The van der Waals surface area contributed by atoms with Crippen molar-refractivity contribution in [2.45, 2.75) is 20.8 Å². The molecular formula is C31H32N6O. The van der Waals surface area contributed by atoms with E-state index in [9.17, 15) is 0 Å². The zero-order chi connectivity index (χ0) is 27.2. The molecule has 0 fully saturated rings. The lowest BCUT2D eigenvalue weighted by Gasteiger charge is -2.14. The van der Waals surface area contributed by atoms with Gasteiger partial charge in [0, 0.05) is 38.7 Å². The summed E-state index contributed by atoms with van der Waals surface area (Å²) < 4.78 is 8.31. The van der Waals surface area contributed by atoms with E-state index in [2.05, 4.69) is 57.7 Å². The van der Waals surface area contributed by atoms with Crippen molar-refractivity contribution >= 4 is 33.9 Å². The molecule has 4 aromatic rings. The number of nitrogens with one attached hydrogen (secondary N) is 1. The van der Waals surface area contributed by atoms with Gasteiger partial charge in [0.25, 0.3) is 0 Å². The second-order valence-electron chi connectivity index (χ2n) is 9.21. The van der Waals surface area contributed by atoms with Crippen molar-refractivity contribution in [2.75, 3.05) is 24.3 Å². The lowest BCUT2D eigenvalue weighted by atomic mass is 10.0. The zero-order valence-electron chi connectivity index (χ0n) is 22.6. The van der Waals surface area contributed by atoms with Gasteiger partial charge in [-0.25, -0.2) is 4.98 Å². The van der Waals surface area contributed by atoms with E-state index in [0.29, 0.717) is 17.4 Å². The molecule has 0 spiro atoms. The highest BCUT2D eigenvalue weighted by atomic mass is 16.5. The van der Waals surface area contributed by atoms with E-state index in [4.69, 9.17) is 15.0 Å². The molecule has 0 atom stereocenters. The average Bonchev–Trinajstić information content (AvgIpc) is 3.29. The average molecular weight is 505 g/mol. The number of aryl methyl sites for hydroxylation is 1. The molecule has 0 saturated heterocycles. The van der Waals surface area contributed by atoms with E-state index in [1.165, 1.54) is 0 Å². The van der Waals surface area contributed by atoms with Crippen molar-refractivity contribution in [2.24, 2.45) is 7.05 Å². The van der Waals surface area contributed by atoms with E-state index in [0.717, 1.165) is 44.9 Å². The SMILES string of the molecule is C/C=C/C(=C\C(C)=C(/C)Oc1nc(Nc2ccc(C#N)cc2)nc2ccn(C)c12)c1ccc(N(C)C)cc1. The summed E-state index contributed by atoms with van der Waals surface area (Å²) in [6.07, 6.45) is 8.19. The summed E-state index contributed by atoms with van der Waals surface area (Å²) in [7, 11) is 6.01. The molecule has 0 unspecified atom stereocenters. The van der Waals surface area contributed by atoms with Gasteiger partial charge in [-0.1, -0.05) is 24.3 Å². The van der Waals surface area contributed by atoms with Crippen molar-refractivity contribution < 1.29 is 4.74 Å². The molecule has 0 amide bonds. The van der Waals surface area contributed by atoms with Gasteiger partial charge in [0.2, 0.25) is 11.8 Å². The highest BCUT2D eigenvalue weighted by Gasteiger charge is 2.14. The van der Waals surface area contributed by atoms with Gasteiger partial charge in [0.05, 0.1) is 17.1 Å². The molecular weight excluding hydrogens is 472 g/mol. The van der Waals surface area contributed by atoms with Gasteiger partial charge >= 0.3 is 0 Å². The van der Waals surface area contributed by atoms with Crippen molar-refractivity contribution in [1.82, 2.24) is 14.5 Å². The van der Waals surface area contributed by atoms with Crippen molar-refractivity contribution in [3.63, 3.8) is 0 Å². The van der Waals surface area contributed by atoms with E-state index in [1.54, 1.807) is 12.1 Å². The molecule has 192 valence electrons. The molecule has 0 saturated carbocycles. The summed E-state index contributed by atoms with van der Waals surface area (Å²) >= 11 is 0. The first-order valence-corrected chi connectivity index (χ1v) is 12.4. The third kappa shape index (κ3) is 5.93. The predicted molar refractivity (Wildman–Crippen MR) is 156 cm³/mol. The fourth-order valence-corrected chi connectivity index (χ4v) is 3.96. The minimum atomic E-state index is 0.417. The molecule has 0 aliphatic carbocycles. The van der Waals surface area contributed by atoms with Crippen LogP contribution >= 0.6 is 0 Å². The maximum Gasteiger partial charge on any atom is 0.248 e. The van der Waals surface area contributed by atoms with Crippen LogP contribution in [0.2, 0.25) is 0 Å².